The van der Waals surface area contributed by atoms with E-state index in [9.17, 15) is 9.90 Å². The number of likely N-dealkylation sites (tertiary alicyclic amines) is 1. The summed E-state index contributed by atoms with van der Waals surface area (Å²) in [7, 11) is 0. The van der Waals surface area contributed by atoms with E-state index in [1.54, 1.807) is 18.5 Å². The van der Waals surface area contributed by atoms with Gasteiger partial charge in [0, 0.05) is 18.3 Å². The van der Waals surface area contributed by atoms with Gasteiger partial charge in [0.2, 0.25) is 0 Å². The van der Waals surface area contributed by atoms with Gasteiger partial charge in [-0.05, 0) is 63.4 Å². The van der Waals surface area contributed by atoms with Gasteiger partial charge in [0.1, 0.15) is 12.4 Å². The molecular formula is C27H37N3O3. The molecule has 2 aliphatic rings. The van der Waals surface area contributed by atoms with Crippen molar-refractivity contribution in [2.45, 2.75) is 69.3 Å². The Kier molecular flexibility index (Phi) is 8.46. The fourth-order valence-corrected chi connectivity index (χ4v) is 5.35. The molecule has 1 saturated heterocycles. The molecule has 6 nitrogen and oxygen atoms in total. The lowest BCUT2D eigenvalue weighted by Gasteiger charge is -2.37. The van der Waals surface area contributed by atoms with Crippen LogP contribution >= 0.6 is 0 Å². The molecule has 1 saturated carbocycles. The van der Waals surface area contributed by atoms with Gasteiger partial charge in [-0.2, -0.15) is 0 Å². The first-order chi connectivity index (χ1) is 16.2. The number of benzene rings is 1. The summed E-state index contributed by atoms with van der Waals surface area (Å²) in [5.74, 6) is -0.0629. The number of rotatable bonds is 9. The first kappa shape index (κ1) is 23.8. The Morgan fingerprint density at radius 3 is 2.36 bits per heavy atom. The van der Waals surface area contributed by atoms with Gasteiger partial charge in [0.15, 0.2) is 5.60 Å². The van der Waals surface area contributed by atoms with Crippen LogP contribution in [0.25, 0.3) is 0 Å². The molecule has 2 fully saturated rings. The van der Waals surface area contributed by atoms with Gasteiger partial charge in [0.25, 0.3) is 0 Å². The Balaban J connectivity index is 1.48. The second-order valence-corrected chi connectivity index (χ2v) is 9.56. The average Bonchev–Trinajstić information content (AvgIpc) is 2.90. The molecule has 2 atom stereocenters. The molecule has 1 aromatic heterocycles. The molecule has 1 aliphatic heterocycles. The first-order valence-corrected chi connectivity index (χ1v) is 12.6. The summed E-state index contributed by atoms with van der Waals surface area (Å²) in [6.45, 7) is 3.36. The van der Waals surface area contributed by atoms with Crippen LogP contribution in [0.15, 0.2) is 48.8 Å². The van der Waals surface area contributed by atoms with Crippen molar-refractivity contribution in [1.82, 2.24) is 14.9 Å². The van der Waals surface area contributed by atoms with Gasteiger partial charge >= 0.3 is 5.97 Å². The third-order valence-electron chi connectivity index (χ3n) is 7.33. The van der Waals surface area contributed by atoms with E-state index in [0.29, 0.717) is 11.4 Å². The van der Waals surface area contributed by atoms with Crippen molar-refractivity contribution in [3.05, 3.63) is 60.2 Å². The van der Waals surface area contributed by atoms with Crippen molar-refractivity contribution in [1.29, 1.82) is 0 Å². The Morgan fingerprint density at radius 1 is 1.00 bits per heavy atom. The van der Waals surface area contributed by atoms with Crippen LogP contribution in [0.3, 0.4) is 0 Å². The van der Waals surface area contributed by atoms with Gasteiger partial charge in [-0.25, -0.2) is 14.8 Å². The van der Waals surface area contributed by atoms with Crippen molar-refractivity contribution >= 4 is 5.97 Å². The lowest BCUT2D eigenvalue weighted by molar-refractivity contribution is -0.176. The molecule has 2 aromatic rings. The smallest absolute Gasteiger partial charge is 0.343 e. The van der Waals surface area contributed by atoms with Crippen molar-refractivity contribution in [3.63, 3.8) is 0 Å². The van der Waals surface area contributed by atoms with Crippen molar-refractivity contribution in [3.8, 4) is 0 Å². The third kappa shape index (κ3) is 5.98. The maximum Gasteiger partial charge on any atom is 0.343 e. The number of carbonyl (C=O) groups excluding carboxylic acids is 1. The summed E-state index contributed by atoms with van der Waals surface area (Å²) in [6, 6.07) is 11.1. The van der Waals surface area contributed by atoms with Crippen LogP contribution in [-0.2, 0) is 15.1 Å². The summed E-state index contributed by atoms with van der Waals surface area (Å²) < 4.78 is 5.88. The van der Waals surface area contributed by atoms with E-state index in [1.807, 2.05) is 30.3 Å². The zero-order valence-corrected chi connectivity index (χ0v) is 19.6. The zero-order valence-electron chi connectivity index (χ0n) is 19.6. The van der Waals surface area contributed by atoms with Crippen LogP contribution in [0.2, 0.25) is 0 Å². The number of carbonyl (C=O) groups is 1. The Bertz CT molecular complexity index is 851. The predicted octanol–water partition coefficient (Wildman–Crippen LogP) is 4.45. The van der Waals surface area contributed by atoms with Crippen LogP contribution in [0.5, 0.6) is 0 Å². The molecule has 1 unspecified atom stereocenters. The van der Waals surface area contributed by atoms with E-state index in [-0.39, 0.29) is 18.4 Å². The van der Waals surface area contributed by atoms with E-state index >= 15 is 0 Å². The highest BCUT2D eigenvalue weighted by atomic mass is 16.5. The highest BCUT2D eigenvalue weighted by Crippen LogP contribution is 2.40. The molecule has 1 aromatic carbocycles. The van der Waals surface area contributed by atoms with Gasteiger partial charge in [0.05, 0.1) is 5.92 Å². The van der Waals surface area contributed by atoms with Crippen molar-refractivity contribution < 1.29 is 14.6 Å². The normalized spacial score (nSPS) is 20.6. The number of ether oxygens (including phenoxy) is 1. The Labute approximate surface area is 197 Å². The number of piperidine rings is 1. The fraction of sp³-hybridized carbons (Fsp3) is 0.593. The highest BCUT2D eigenvalue weighted by molar-refractivity contribution is 5.81. The lowest BCUT2D eigenvalue weighted by Crippen LogP contribution is -2.45. The minimum Gasteiger partial charge on any atom is -0.463 e. The third-order valence-corrected chi connectivity index (χ3v) is 7.33. The molecule has 1 aliphatic carbocycles. The summed E-state index contributed by atoms with van der Waals surface area (Å²) in [5, 5.41) is 11.8. The lowest BCUT2D eigenvalue weighted by atomic mass is 9.73. The van der Waals surface area contributed by atoms with Gasteiger partial charge < -0.3 is 14.7 Å². The molecule has 4 rings (SSSR count). The van der Waals surface area contributed by atoms with Gasteiger partial charge in [-0.1, -0.05) is 56.0 Å². The number of hydrogen-bond donors (Lipinski definition) is 1. The molecule has 1 N–H and O–H groups in total. The van der Waals surface area contributed by atoms with Gasteiger partial charge in [-0.3, -0.25) is 0 Å². The Morgan fingerprint density at radius 2 is 1.67 bits per heavy atom. The summed E-state index contributed by atoms with van der Waals surface area (Å²) in [4.78, 5) is 24.9. The van der Waals surface area contributed by atoms with Crippen LogP contribution in [-0.4, -0.2) is 52.2 Å². The second-order valence-electron chi connectivity index (χ2n) is 9.56. The standard InChI is InChI=1S/C27H37N3O3/c31-26(27(32,23-11-4-1-5-12-23)24-13-6-2-7-14-24)33-21-22(25-28-16-10-17-29-25)15-20-30-18-8-3-9-19-30/h1,4-5,10-12,16-17,22,24,32H,2-3,6-9,13-15,18-21H2/t22-,27?/m0/s1. The number of aliphatic hydroxyl groups is 1. The SMILES string of the molecule is O=C(OC[C@H](CCN1CCCCC1)c1ncccn1)C(O)(c1ccccc1)C1CCCCC1. The quantitative estimate of drug-likeness (QED) is 0.568. The monoisotopic (exact) mass is 451 g/mol. The molecule has 2 heterocycles. The number of nitrogens with zero attached hydrogens (tertiary/aromatic N) is 3. The number of esters is 1. The highest BCUT2D eigenvalue weighted by Gasteiger charge is 2.47. The summed E-state index contributed by atoms with van der Waals surface area (Å²) in [6.07, 6.45) is 13.0. The van der Waals surface area contributed by atoms with Crippen LogP contribution in [0, 0.1) is 5.92 Å². The zero-order chi connectivity index (χ0) is 22.9. The number of aromatic nitrogens is 2. The maximum absolute atomic E-state index is 13.5. The molecule has 0 bridgehead atoms. The van der Waals surface area contributed by atoms with E-state index < -0.39 is 11.6 Å². The molecule has 0 radical (unpaired) electrons. The van der Waals surface area contributed by atoms with E-state index in [0.717, 1.165) is 58.2 Å². The fourth-order valence-electron chi connectivity index (χ4n) is 5.35. The van der Waals surface area contributed by atoms with E-state index in [2.05, 4.69) is 14.9 Å². The van der Waals surface area contributed by atoms with Gasteiger partial charge in [-0.15, -0.1) is 0 Å². The molecule has 0 spiro atoms. The predicted molar refractivity (Wildman–Crippen MR) is 128 cm³/mol. The topological polar surface area (TPSA) is 75.5 Å². The van der Waals surface area contributed by atoms with Crippen LogP contribution in [0.1, 0.15) is 75.1 Å². The second kappa shape index (κ2) is 11.7. The summed E-state index contributed by atoms with van der Waals surface area (Å²) in [5.41, 5.74) is -0.987. The van der Waals surface area contributed by atoms with Crippen LogP contribution in [0.4, 0.5) is 0 Å². The molecule has 33 heavy (non-hydrogen) atoms. The number of hydrogen-bond acceptors (Lipinski definition) is 6. The van der Waals surface area contributed by atoms with Crippen molar-refractivity contribution in [2.24, 2.45) is 5.92 Å². The summed E-state index contributed by atoms with van der Waals surface area (Å²) >= 11 is 0. The molecule has 178 valence electrons. The van der Waals surface area contributed by atoms with E-state index in [1.165, 1.54) is 19.3 Å². The molecule has 0 amide bonds. The van der Waals surface area contributed by atoms with Crippen LogP contribution < -0.4 is 0 Å². The minimum absolute atomic E-state index is 0.0940. The Hall–Kier alpha value is -2.31. The molecule has 6 heteroatoms. The largest absolute Gasteiger partial charge is 0.463 e. The van der Waals surface area contributed by atoms with Crippen molar-refractivity contribution in [2.75, 3.05) is 26.2 Å². The minimum atomic E-state index is -1.61. The average molecular weight is 452 g/mol. The van der Waals surface area contributed by atoms with E-state index in [4.69, 9.17) is 4.74 Å². The maximum atomic E-state index is 13.5. The molecular weight excluding hydrogens is 414 g/mol. The first-order valence-electron chi connectivity index (χ1n) is 12.6.